The second kappa shape index (κ2) is 6.27. The summed E-state index contributed by atoms with van der Waals surface area (Å²) in [6.07, 6.45) is 4.03. The smallest absolute Gasteiger partial charge is 0.256 e. The zero-order valence-electron chi connectivity index (χ0n) is 14.5. The van der Waals surface area contributed by atoms with Gasteiger partial charge in [0.05, 0.1) is 11.6 Å². The highest BCUT2D eigenvalue weighted by Gasteiger charge is 2.31. The van der Waals surface area contributed by atoms with Gasteiger partial charge in [-0.25, -0.2) is 9.67 Å². The van der Waals surface area contributed by atoms with Gasteiger partial charge in [-0.2, -0.15) is 0 Å². The Kier molecular flexibility index (Phi) is 3.95. The molecule has 0 saturated heterocycles. The van der Waals surface area contributed by atoms with Crippen molar-refractivity contribution < 1.29 is 4.79 Å². The van der Waals surface area contributed by atoms with Crippen molar-refractivity contribution in [2.45, 2.75) is 25.8 Å². The van der Waals surface area contributed by atoms with E-state index in [1.165, 1.54) is 12.8 Å². The number of benzene rings is 1. The number of nitrogens with zero attached hydrogens (tertiary/aromatic N) is 5. The number of carbonyl (C=O) groups is 1. The van der Waals surface area contributed by atoms with Crippen molar-refractivity contribution in [3.8, 4) is 0 Å². The standard InChI is InChI=1S/C19H21N5O/c1-13(15-6-4-3-5-7-15)24(12-14-8-9-14)19(25)16-10-17-18(20-11-16)23(2)22-21-17/h3-7,10-11,13-14H,8-9,12H2,1-2H3/t13-/m1/s1. The Morgan fingerprint density at radius 3 is 2.80 bits per heavy atom. The quantitative estimate of drug-likeness (QED) is 0.719. The van der Waals surface area contributed by atoms with E-state index >= 15 is 0 Å². The highest BCUT2D eigenvalue weighted by Crippen LogP contribution is 2.33. The van der Waals surface area contributed by atoms with Crippen LogP contribution in [0, 0.1) is 5.92 Å². The first kappa shape index (κ1) is 15.7. The predicted molar refractivity (Wildman–Crippen MR) is 94.9 cm³/mol. The van der Waals surface area contributed by atoms with Crippen molar-refractivity contribution in [1.82, 2.24) is 24.9 Å². The summed E-state index contributed by atoms with van der Waals surface area (Å²) >= 11 is 0. The van der Waals surface area contributed by atoms with Crippen molar-refractivity contribution in [2.24, 2.45) is 13.0 Å². The van der Waals surface area contributed by atoms with Crippen molar-refractivity contribution in [2.75, 3.05) is 6.54 Å². The molecule has 0 radical (unpaired) electrons. The molecule has 1 amide bonds. The van der Waals surface area contributed by atoms with Crippen LogP contribution < -0.4 is 0 Å². The predicted octanol–water partition coefficient (Wildman–Crippen LogP) is 2.98. The van der Waals surface area contributed by atoms with Gasteiger partial charge in [0.2, 0.25) is 0 Å². The van der Waals surface area contributed by atoms with Gasteiger partial charge in [-0.1, -0.05) is 35.5 Å². The average molecular weight is 335 g/mol. The summed E-state index contributed by atoms with van der Waals surface area (Å²) in [5, 5.41) is 8.04. The maximum absolute atomic E-state index is 13.2. The fraction of sp³-hybridized carbons (Fsp3) is 0.368. The molecule has 4 rings (SSSR count). The molecule has 1 aliphatic rings. The van der Waals surface area contributed by atoms with E-state index in [2.05, 4.69) is 34.4 Å². The number of amides is 1. The highest BCUT2D eigenvalue weighted by molar-refractivity contribution is 5.96. The Balaban J connectivity index is 1.66. The Hall–Kier alpha value is -2.76. The first-order chi connectivity index (χ1) is 12.1. The van der Waals surface area contributed by atoms with Crippen LogP contribution in [0.1, 0.15) is 41.7 Å². The Morgan fingerprint density at radius 1 is 1.32 bits per heavy atom. The lowest BCUT2D eigenvalue weighted by Gasteiger charge is -2.30. The molecule has 128 valence electrons. The van der Waals surface area contributed by atoms with E-state index in [-0.39, 0.29) is 11.9 Å². The summed E-state index contributed by atoms with van der Waals surface area (Å²) < 4.78 is 1.61. The third-order valence-corrected chi connectivity index (χ3v) is 4.85. The zero-order chi connectivity index (χ0) is 17.4. The number of aryl methyl sites for hydroxylation is 1. The number of pyridine rings is 1. The first-order valence-electron chi connectivity index (χ1n) is 8.65. The van der Waals surface area contributed by atoms with Crippen molar-refractivity contribution in [3.63, 3.8) is 0 Å². The van der Waals surface area contributed by atoms with Gasteiger partial charge < -0.3 is 4.90 Å². The van der Waals surface area contributed by atoms with Gasteiger partial charge in [-0.05, 0) is 37.3 Å². The number of hydrogen-bond acceptors (Lipinski definition) is 4. The molecule has 3 aromatic rings. The molecule has 0 aliphatic heterocycles. The van der Waals surface area contributed by atoms with Gasteiger partial charge >= 0.3 is 0 Å². The molecule has 0 unspecified atom stereocenters. The Bertz CT molecular complexity index is 901. The summed E-state index contributed by atoms with van der Waals surface area (Å²) in [7, 11) is 1.79. The van der Waals surface area contributed by atoms with E-state index in [0.29, 0.717) is 22.6 Å². The fourth-order valence-corrected chi connectivity index (χ4v) is 3.12. The van der Waals surface area contributed by atoms with Crippen LogP contribution in [0.3, 0.4) is 0 Å². The van der Waals surface area contributed by atoms with Crippen LogP contribution in [0.25, 0.3) is 11.2 Å². The van der Waals surface area contributed by atoms with Gasteiger partial charge in [-0.3, -0.25) is 4.79 Å². The molecule has 2 aromatic heterocycles. The molecule has 1 fully saturated rings. The average Bonchev–Trinajstić information content (AvgIpc) is 3.41. The minimum Gasteiger partial charge on any atom is -0.332 e. The van der Waals surface area contributed by atoms with E-state index < -0.39 is 0 Å². The SMILES string of the molecule is C[C@H](c1ccccc1)N(CC1CC1)C(=O)c1cnc2c(c1)nnn2C. The van der Waals surface area contributed by atoms with Gasteiger partial charge in [0.1, 0.15) is 5.52 Å². The van der Waals surface area contributed by atoms with Gasteiger partial charge in [0, 0.05) is 19.8 Å². The molecule has 25 heavy (non-hydrogen) atoms. The largest absolute Gasteiger partial charge is 0.332 e. The van der Waals surface area contributed by atoms with E-state index in [0.717, 1.165) is 12.1 Å². The molecule has 6 heteroatoms. The Morgan fingerprint density at radius 2 is 2.08 bits per heavy atom. The number of carbonyl (C=O) groups excluding carboxylic acids is 1. The van der Waals surface area contributed by atoms with E-state index in [1.54, 1.807) is 24.0 Å². The van der Waals surface area contributed by atoms with Crippen LogP contribution in [-0.2, 0) is 7.05 Å². The third kappa shape index (κ3) is 3.12. The topological polar surface area (TPSA) is 63.9 Å². The Labute approximate surface area is 146 Å². The lowest BCUT2D eigenvalue weighted by atomic mass is 10.1. The minimum absolute atomic E-state index is 0.00306. The minimum atomic E-state index is 0.00306. The fourth-order valence-electron chi connectivity index (χ4n) is 3.12. The molecule has 1 atom stereocenters. The van der Waals surface area contributed by atoms with Gasteiger partial charge in [0.25, 0.3) is 5.91 Å². The normalized spacial score (nSPS) is 15.3. The summed E-state index contributed by atoms with van der Waals surface area (Å²) in [5.74, 6) is 0.617. The van der Waals surface area contributed by atoms with Crippen molar-refractivity contribution in [3.05, 3.63) is 53.7 Å². The maximum atomic E-state index is 13.2. The van der Waals surface area contributed by atoms with Crippen LogP contribution in [-0.4, -0.2) is 37.3 Å². The summed E-state index contributed by atoms with van der Waals surface area (Å²) in [6.45, 7) is 2.87. The molecule has 0 spiro atoms. The number of rotatable bonds is 5. The molecule has 1 aliphatic carbocycles. The van der Waals surface area contributed by atoms with Crippen LogP contribution in [0.5, 0.6) is 0 Å². The lowest BCUT2D eigenvalue weighted by molar-refractivity contribution is 0.0680. The first-order valence-corrected chi connectivity index (χ1v) is 8.65. The number of aromatic nitrogens is 4. The molecular formula is C19H21N5O. The van der Waals surface area contributed by atoms with Gasteiger partial charge in [0.15, 0.2) is 5.65 Å². The maximum Gasteiger partial charge on any atom is 0.256 e. The molecule has 0 bridgehead atoms. The van der Waals surface area contributed by atoms with E-state index in [9.17, 15) is 4.79 Å². The zero-order valence-corrected chi connectivity index (χ0v) is 14.5. The van der Waals surface area contributed by atoms with Gasteiger partial charge in [-0.15, -0.1) is 5.10 Å². The van der Waals surface area contributed by atoms with Crippen LogP contribution in [0.2, 0.25) is 0 Å². The summed E-state index contributed by atoms with van der Waals surface area (Å²) in [4.78, 5) is 19.5. The molecule has 1 aromatic carbocycles. The number of hydrogen-bond donors (Lipinski definition) is 0. The number of fused-ring (bicyclic) bond motifs is 1. The second-order valence-electron chi connectivity index (χ2n) is 6.77. The lowest BCUT2D eigenvalue weighted by Crippen LogP contribution is -2.35. The molecular weight excluding hydrogens is 314 g/mol. The van der Waals surface area contributed by atoms with Crippen molar-refractivity contribution >= 4 is 17.1 Å². The molecule has 1 saturated carbocycles. The summed E-state index contributed by atoms with van der Waals surface area (Å²) in [5.41, 5.74) is 3.04. The highest BCUT2D eigenvalue weighted by atomic mass is 16.2. The van der Waals surface area contributed by atoms with E-state index in [4.69, 9.17) is 0 Å². The third-order valence-electron chi connectivity index (χ3n) is 4.85. The van der Waals surface area contributed by atoms with Crippen LogP contribution >= 0.6 is 0 Å². The molecule has 2 heterocycles. The van der Waals surface area contributed by atoms with Crippen LogP contribution in [0.4, 0.5) is 0 Å². The molecule has 6 nitrogen and oxygen atoms in total. The second-order valence-corrected chi connectivity index (χ2v) is 6.77. The van der Waals surface area contributed by atoms with Crippen LogP contribution in [0.15, 0.2) is 42.6 Å². The monoisotopic (exact) mass is 335 g/mol. The molecule has 0 N–H and O–H groups in total. The summed E-state index contributed by atoms with van der Waals surface area (Å²) in [6, 6.07) is 12.0. The van der Waals surface area contributed by atoms with E-state index in [1.807, 2.05) is 23.1 Å². The van der Waals surface area contributed by atoms with Crippen molar-refractivity contribution in [1.29, 1.82) is 0 Å².